The van der Waals surface area contributed by atoms with Crippen LogP contribution in [0, 0.1) is 0 Å². The smallest absolute Gasteiger partial charge is 0.251 e. The highest BCUT2D eigenvalue weighted by Crippen LogP contribution is 2.28. The van der Waals surface area contributed by atoms with E-state index in [2.05, 4.69) is 50.8 Å². The molecule has 1 aliphatic rings. The summed E-state index contributed by atoms with van der Waals surface area (Å²) in [4.78, 5) is 23.9. The van der Waals surface area contributed by atoms with Gasteiger partial charge >= 0.3 is 0 Å². The van der Waals surface area contributed by atoms with Crippen LogP contribution in [-0.4, -0.2) is 39.9 Å². The number of amides is 1. The van der Waals surface area contributed by atoms with Crippen molar-refractivity contribution in [2.75, 3.05) is 18.4 Å². The van der Waals surface area contributed by atoms with E-state index >= 15 is 0 Å². The number of carbonyl (C=O) groups excluding carboxylic acids is 1. The zero-order valence-corrected chi connectivity index (χ0v) is 19.2. The Morgan fingerprint density at radius 1 is 1.03 bits per heavy atom. The van der Waals surface area contributed by atoms with Crippen molar-refractivity contribution < 1.29 is 4.79 Å². The van der Waals surface area contributed by atoms with Gasteiger partial charge in [-0.25, -0.2) is 4.98 Å². The normalized spacial score (nSPS) is 14.9. The fourth-order valence-corrected chi connectivity index (χ4v) is 5.15. The first-order chi connectivity index (χ1) is 16.2. The van der Waals surface area contributed by atoms with E-state index in [0.29, 0.717) is 18.2 Å². The lowest BCUT2D eigenvalue weighted by molar-refractivity contribution is 0.0951. The number of thiazole rings is 1. The minimum atomic E-state index is -0.0885. The predicted octanol–water partition coefficient (Wildman–Crippen LogP) is 4.70. The quantitative estimate of drug-likeness (QED) is 0.421. The maximum absolute atomic E-state index is 12.6. The number of hydrogen-bond donors (Lipinski definition) is 2. The largest absolute Gasteiger partial charge is 0.359 e. The number of hydrogen-bond acceptors (Lipinski definition) is 6. The van der Waals surface area contributed by atoms with Crippen molar-refractivity contribution in [3.05, 3.63) is 89.7 Å². The van der Waals surface area contributed by atoms with Crippen molar-refractivity contribution in [2.45, 2.75) is 32.0 Å². The summed E-state index contributed by atoms with van der Waals surface area (Å²) in [7, 11) is 0. The van der Waals surface area contributed by atoms with Crippen LogP contribution in [-0.2, 0) is 13.1 Å². The number of likely N-dealkylation sites (tertiary alicyclic amines) is 1. The fourth-order valence-electron chi connectivity index (χ4n) is 4.17. The lowest BCUT2D eigenvalue weighted by Gasteiger charge is -2.32. The summed E-state index contributed by atoms with van der Waals surface area (Å²) < 4.78 is 1.02. The number of carbonyl (C=O) groups is 1. The molecule has 33 heavy (non-hydrogen) atoms. The van der Waals surface area contributed by atoms with Crippen molar-refractivity contribution in [2.24, 2.45) is 0 Å². The van der Waals surface area contributed by atoms with Gasteiger partial charge in [0.25, 0.3) is 5.91 Å². The molecule has 0 unspecified atom stereocenters. The van der Waals surface area contributed by atoms with E-state index in [4.69, 9.17) is 4.98 Å². The SMILES string of the molecule is O=C(NCc1cccnc1)c1ccc2nc(NC3CCN(Cc4ccccc4)CC3)sc2c1. The van der Waals surface area contributed by atoms with E-state index in [0.717, 1.165) is 53.4 Å². The number of fused-ring (bicyclic) bond motifs is 1. The van der Waals surface area contributed by atoms with Gasteiger partial charge in [-0.2, -0.15) is 0 Å². The number of benzene rings is 2. The van der Waals surface area contributed by atoms with Gasteiger partial charge in [0.1, 0.15) is 0 Å². The van der Waals surface area contributed by atoms with Gasteiger partial charge in [-0.15, -0.1) is 0 Å². The van der Waals surface area contributed by atoms with Crippen LogP contribution in [0.5, 0.6) is 0 Å². The second kappa shape index (κ2) is 10.1. The van der Waals surface area contributed by atoms with Crippen LogP contribution in [0.25, 0.3) is 10.2 Å². The van der Waals surface area contributed by atoms with Crippen molar-refractivity contribution in [1.82, 2.24) is 20.2 Å². The highest BCUT2D eigenvalue weighted by atomic mass is 32.1. The van der Waals surface area contributed by atoms with E-state index in [1.165, 1.54) is 5.56 Å². The molecule has 0 radical (unpaired) electrons. The third kappa shape index (κ3) is 5.56. The molecule has 3 heterocycles. The first-order valence-corrected chi connectivity index (χ1v) is 12.1. The summed E-state index contributed by atoms with van der Waals surface area (Å²) in [5.41, 5.74) is 3.92. The maximum Gasteiger partial charge on any atom is 0.251 e. The monoisotopic (exact) mass is 457 g/mol. The van der Waals surface area contributed by atoms with Crippen molar-refractivity contribution in [3.8, 4) is 0 Å². The van der Waals surface area contributed by atoms with Gasteiger partial charge in [0.05, 0.1) is 10.2 Å². The highest BCUT2D eigenvalue weighted by Gasteiger charge is 2.20. The van der Waals surface area contributed by atoms with Gasteiger partial charge in [0.2, 0.25) is 0 Å². The number of rotatable bonds is 7. The first kappa shape index (κ1) is 21.6. The van der Waals surface area contributed by atoms with E-state index < -0.39 is 0 Å². The van der Waals surface area contributed by atoms with Gasteiger partial charge in [-0.3, -0.25) is 14.7 Å². The molecule has 7 heteroatoms. The molecule has 1 amide bonds. The molecule has 2 N–H and O–H groups in total. The molecule has 1 aliphatic heterocycles. The molecule has 0 spiro atoms. The van der Waals surface area contributed by atoms with Crippen LogP contribution < -0.4 is 10.6 Å². The molecule has 0 aliphatic carbocycles. The zero-order chi connectivity index (χ0) is 22.5. The Kier molecular flexibility index (Phi) is 6.60. The van der Waals surface area contributed by atoms with Crippen molar-refractivity contribution in [3.63, 3.8) is 0 Å². The number of nitrogens with zero attached hydrogens (tertiary/aromatic N) is 3. The minimum absolute atomic E-state index is 0.0885. The highest BCUT2D eigenvalue weighted by molar-refractivity contribution is 7.22. The Labute approximate surface area is 197 Å². The van der Waals surface area contributed by atoms with Crippen LogP contribution >= 0.6 is 11.3 Å². The summed E-state index contributed by atoms with van der Waals surface area (Å²) in [6.07, 6.45) is 5.69. The van der Waals surface area contributed by atoms with Gasteiger partial charge < -0.3 is 10.6 Å². The summed E-state index contributed by atoms with van der Waals surface area (Å²) in [6, 6.07) is 20.6. The van der Waals surface area contributed by atoms with Crippen LogP contribution in [0.2, 0.25) is 0 Å². The van der Waals surface area contributed by atoms with E-state index in [1.54, 1.807) is 23.7 Å². The summed E-state index contributed by atoms with van der Waals surface area (Å²) in [5.74, 6) is -0.0885. The van der Waals surface area contributed by atoms with Gasteiger partial charge in [-0.05, 0) is 48.2 Å². The second-order valence-electron chi connectivity index (χ2n) is 8.43. The third-order valence-electron chi connectivity index (χ3n) is 5.99. The fraction of sp³-hybridized carbons (Fsp3) is 0.269. The van der Waals surface area contributed by atoms with Crippen LogP contribution in [0.4, 0.5) is 5.13 Å². The standard InChI is InChI=1S/C26H27N5OS/c32-25(28-17-20-7-4-12-27-16-20)21-8-9-23-24(15-21)33-26(30-23)29-22-10-13-31(14-11-22)18-19-5-2-1-3-6-19/h1-9,12,15-16,22H,10-11,13-14,17-18H2,(H,28,32)(H,29,30). The average molecular weight is 458 g/mol. The van der Waals surface area contributed by atoms with Gasteiger partial charge in [-0.1, -0.05) is 47.7 Å². The van der Waals surface area contributed by atoms with Crippen LogP contribution in [0.1, 0.15) is 34.3 Å². The minimum Gasteiger partial charge on any atom is -0.359 e. The Morgan fingerprint density at radius 3 is 2.64 bits per heavy atom. The molecule has 1 saturated heterocycles. The van der Waals surface area contributed by atoms with E-state index in [1.807, 2.05) is 30.3 Å². The molecule has 168 valence electrons. The van der Waals surface area contributed by atoms with E-state index in [9.17, 15) is 4.79 Å². The van der Waals surface area contributed by atoms with Crippen molar-refractivity contribution >= 4 is 32.6 Å². The lowest BCUT2D eigenvalue weighted by atomic mass is 10.0. The Hall–Kier alpha value is -3.29. The summed E-state index contributed by atoms with van der Waals surface area (Å²) >= 11 is 1.61. The molecular weight excluding hydrogens is 430 g/mol. The summed E-state index contributed by atoms with van der Waals surface area (Å²) in [6.45, 7) is 3.64. The Balaban J connectivity index is 1.16. The summed E-state index contributed by atoms with van der Waals surface area (Å²) in [5, 5.41) is 7.51. The van der Waals surface area contributed by atoms with Crippen LogP contribution in [0.3, 0.4) is 0 Å². The van der Waals surface area contributed by atoms with Gasteiger partial charge in [0.15, 0.2) is 5.13 Å². The van der Waals surface area contributed by atoms with Gasteiger partial charge in [0, 0.05) is 50.2 Å². The van der Waals surface area contributed by atoms with E-state index in [-0.39, 0.29) is 5.91 Å². The second-order valence-corrected chi connectivity index (χ2v) is 9.46. The Bertz CT molecular complexity index is 1200. The number of nitrogens with one attached hydrogen (secondary N) is 2. The molecule has 2 aromatic carbocycles. The topological polar surface area (TPSA) is 70.1 Å². The lowest BCUT2D eigenvalue weighted by Crippen LogP contribution is -2.38. The number of piperidine rings is 1. The molecule has 4 aromatic rings. The zero-order valence-electron chi connectivity index (χ0n) is 18.4. The number of pyridine rings is 1. The predicted molar refractivity (Wildman–Crippen MR) is 133 cm³/mol. The molecule has 0 bridgehead atoms. The maximum atomic E-state index is 12.6. The molecule has 5 rings (SSSR count). The molecule has 0 saturated carbocycles. The van der Waals surface area contributed by atoms with Crippen LogP contribution in [0.15, 0.2) is 73.1 Å². The average Bonchev–Trinajstić information content (AvgIpc) is 3.26. The number of anilines is 1. The first-order valence-electron chi connectivity index (χ1n) is 11.3. The number of aromatic nitrogens is 2. The Morgan fingerprint density at radius 2 is 1.85 bits per heavy atom. The third-order valence-corrected chi connectivity index (χ3v) is 6.94. The molecule has 2 aromatic heterocycles. The molecular formula is C26H27N5OS. The molecule has 0 atom stereocenters. The molecule has 6 nitrogen and oxygen atoms in total. The molecule has 1 fully saturated rings. The van der Waals surface area contributed by atoms with Crippen molar-refractivity contribution in [1.29, 1.82) is 0 Å².